The van der Waals surface area contributed by atoms with E-state index in [1.54, 1.807) is 0 Å². The Bertz CT molecular complexity index is 459. The molecule has 1 aromatic rings. The van der Waals surface area contributed by atoms with Crippen LogP contribution in [0.1, 0.15) is 26.2 Å². The molecule has 0 aromatic carbocycles. The Labute approximate surface area is 105 Å². The highest BCUT2D eigenvalue weighted by Crippen LogP contribution is 2.40. The van der Waals surface area contributed by atoms with Gasteiger partial charge in [0.05, 0.1) is 17.1 Å². The van der Waals surface area contributed by atoms with Crippen LogP contribution in [0.4, 0.5) is 17.3 Å². The Balaban J connectivity index is 2.11. The van der Waals surface area contributed by atoms with Crippen molar-refractivity contribution in [3.63, 3.8) is 0 Å². The molecule has 7 heteroatoms. The minimum atomic E-state index is -0.460. The summed E-state index contributed by atoms with van der Waals surface area (Å²) < 4.78 is 0. The zero-order valence-corrected chi connectivity index (χ0v) is 10.3. The molecule has 0 unspecified atom stereocenters. The van der Waals surface area contributed by atoms with Gasteiger partial charge in [-0.3, -0.25) is 10.1 Å². The van der Waals surface area contributed by atoms with E-state index in [4.69, 9.17) is 5.84 Å². The number of anilines is 2. The van der Waals surface area contributed by atoms with Gasteiger partial charge in [-0.05, 0) is 18.3 Å². The molecule has 1 heterocycles. The van der Waals surface area contributed by atoms with Crippen LogP contribution in [0.15, 0.2) is 12.1 Å². The van der Waals surface area contributed by atoms with Gasteiger partial charge >= 0.3 is 0 Å². The number of hydrazine groups is 1. The second-order valence-electron chi connectivity index (χ2n) is 5.02. The Morgan fingerprint density at radius 2 is 2.17 bits per heavy atom. The Morgan fingerprint density at radius 1 is 1.50 bits per heavy atom. The highest BCUT2D eigenvalue weighted by atomic mass is 16.6. The molecule has 18 heavy (non-hydrogen) atoms. The van der Waals surface area contributed by atoms with E-state index >= 15 is 0 Å². The first-order valence-electron chi connectivity index (χ1n) is 5.89. The second-order valence-corrected chi connectivity index (χ2v) is 5.02. The van der Waals surface area contributed by atoms with E-state index in [9.17, 15) is 10.1 Å². The van der Waals surface area contributed by atoms with Gasteiger partial charge in [-0.1, -0.05) is 13.3 Å². The molecule has 1 fully saturated rings. The number of pyridine rings is 1. The molecular weight excluding hydrogens is 234 g/mol. The minimum absolute atomic E-state index is 0.0285. The lowest BCUT2D eigenvalue weighted by atomic mass is 9.70. The molecule has 98 valence electrons. The molecule has 1 aromatic heterocycles. The summed E-state index contributed by atoms with van der Waals surface area (Å²) in [5, 5.41) is 13.9. The Hall–Kier alpha value is -1.89. The van der Waals surface area contributed by atoms with Crippen molar-refractivity contribution in [1.82, 2.24) is 4.98 Å². The molecule has 1 aliphatic rings. The van der Waals surface area contributed by atoms with Crippen LogP contribution in [0.3, 0.4) is 0 Å². The van der Waals surface area contributed by atoms with Crippen molar-refractivity contribution in [3.8, 4) is 0 Å². The predicted octanol–water partition coefficient (Wildman–Crippen LogP) is 1.88. The van der Waals surface area contributed by atoms with E-state index in [-0.39, 0.29) is 16.9 Å². The summed E-state index contributed by atoms with van der Waals surface area (Å²) in [7, 11) is 0. The monoisotopic (exact) mass is 251 g/mol. The molecule has 0 radical (unpaired) electrons. The van der Waals surface area contributed by atoms with Crippen molar-refractivity contribution in [2.75, 3.05) is 17.3 Å². The van der Waals surface area contributed by atoms with Gasteiger partial charge in [-0.15, -0.1) is 0 Å². The minimum Gasteiger partial charge on any atom is -0.369 e. The van der Waals surface area contributed by atoms with Gasteiger partial charge in [0, 0.05) is 6.54 Å². The quantitative estimate of drug-likeness (QED) is 0.419. The number of aromatic nitrogens is 1. The smallest absolute Gasteiger partial charge is 0.276 e. The lowest BCUT2D eigenvalue weighted by Gasteiger charge is -2.38. The van der Waals surface area contributed by atoms with E-state index in [1.165, 1.54) is 31.4 Å². The van der Waals surface area contributed by atoms with Crippen LogP contribution in [0.2, 0.25) is 0 Å². The van der Waals surface area contributed by atoms with Crippen molar-refractivity contribution < 1.29 is 4.92 Å². The third-order valence-electron chi connectivity index (χ3n) is 3.43. The maximum absolute atomic E-state index is 10.8. The van der Waals surface area contributed by atoms with E-state index in [0.717, 1.165) is 6.54 Å². The molecule has 0 aliphatic heterocycles. The highest BCUT2D eigenvalue weighted by molar-refractivity contribution is 5.54. The first-order chi connectivity index (χ1) is 8.52. The van der Waals surface area contributed by atoms with Crippen LogP contribution in [-0.2, 0) is 0 Å². The van der Waals surface area contributed by atoms with Gasteiger partial charge in [-0.2, -0.15) is 0 Å². The van der Waals surface area contributed by atoms with E-state index < -0.39 is 4.92 Å². The van der Waals surface area contributed by atoms with Gasteiger partial charge in [0.2, 0.25) is 0 Å². The molecule has 2 rings (SSSR count). The van der Waals surface area contributed by atoms with Gasteiger partial charge in [0.15, 0.2) is 0 Å². The Kier molecular flexibility index (Phi) is 3.33. The zero-order chi connectivity index (χ0) is 13.2. The van der Waals surface area contributed by atoms with Crippen LogP contribution in [-0.4, -0.2) is 16.5 Å². The number of hydrogen-bond donors (Lipinski definition) is 3. The summed E-state index contributed by atoms with van der Waals surface area (Å²) in [6.45, 7) is 2.97. The number of nitrogens with one attached hydrogen (secondary N) is 2. The number of hydrogen-bond acceptors (Lipinski definition) is 6. The third-order valence-corrected chi connectivity index (χ3v) is 3.43. The van der Waals surface area contributed by atoms with Crippen molar-refractivity contribution >= 4 is 17.3 Å². The van der Waals surface area contributed by atoms with Gasteiger partial charge in [0.1, 0.15) is 11.6 Å². The summed E-state index contributed by atoms with van der Waals surface area (Å²) in [5.41, 5.74) is 2.58. The van der Waals surface area contributed by atoms with E-state index in [0.29, 0.717) is 5.82 Å². The van der Waals surface area contributed by atoms with Crippen molar-refractivity contribution in [1.29, 1.82) is 0 Å². The topological polar surface area (TPSA) is 106 Å². The molecular formula is C11H17N5O2. The molecule has 1 aliphatic carbocycles. The summed E-state index contributed by atoms with van der Waals surface area (Å²) in [6.07, 6.45) is 3.60. The maximum Gasteiger partial charge on any atom is 0.276 e. The van der Waals surface area contributed by atoms with Crippen LogP contribution < -0.4 is 16.6 Å². The van der Waals surface area contributed by atoms with Crippen LogP contribution >= 0.6 is 0 Å². The lowest BCUT2D eigenvalue weighted by Crippen LogP contribution is -2.33. The summed E-state index contributed by atoms with van der Waals surface area (Å²) in [5.74, 6) is 6.00. The molecule has 0 saturated heterocycles. The van der Waals surface area contributed by atoms with E-state index in [1.807, 2.05) is 0 Å². The van der Waals surface area contributed by atoms with Crippen molar-refractivity contribution in [2.45, 2.75) is 26.2 Å². The maximum atomic E-state index is 10.8. The fourth-order valence-electron chi connectivity index (χ4n) is 2.05. The predicted molar refractivity (Wildman–Crippen MR) is 69.1 cm³/mol. The summed E-state index contributed by atoms with van der Waals surface area (Å²) in [4.78, 5) is 14.5. The number of nitrogens with zero attached hydrogens (tertiary/aromatic N) is 2. The lowest BCUT2D eigenvalue weighted by molar-refractivity contribution is -0.384. The number of nitrogens with two attached hydrogens (primary N) is 1. The van der Waals surface area contributed by atoms with Gasteiger partial charge in [0.25, 0.3) is 5.69 Å². The van der Waals surface area contributed by atoms with Crippen LogP contribution in [0.5, 0.6) is 0 Å². The van der Waals surface area contributed by atoms with Gasteiger partial charge in [-0.25, -0.2) is 10.8 Å². The number of nitro groups is 1. The third kappa shape index (κ3) is 2.67. The SMILES string of the molecule is CC1(CNc2cc([N+](=O)[O-])cc(NN)n2)CCC1. The standard InChI is InChI=1S/C11H17N5O2/c1-11(3-2-4-11)7-13-9-5-8(16(17)18)6-10(14-9)15-12/h5-6H,2-4,7,12H2,1H3,(H2,13,14,15). The molecule has 0 atom stereocenters. The molecule has 0 spiro atoms. The average Bonchev–Trinajstić information content (AvgIpc) is 2.33. The second kappa shape index (κ2) is 4.77. The number of nitrogen functional groups attached to an aromatic ring is 1. The fourth-order valence-corrected chi connectivity index (χ4v) is 2.05. The zero-order valence-electron chi connectivity index (χ0n) is 10.3. The molecule has 0 bridgehead atoms. The highest BCUT2D eigenvalue weighted by Gasteiger charge is 2.31. The summed E-state index contributed by atoms with van der Waals surface area (Å²) >= 11 is 0. The van der Waals surface area contributed by atoms with Crippen LogP contribution in [0.25, 0.3) is 0 Å². The molecule has 7 nitrogen and oxygen atoms in total. The normalized spacial score (nSPS) is 16.8. The van der Waals surface area contributed by atoms with E-state index in [2.05, 4.69) is 22.7 Å². The van der Waals surface area contributed by atoms with Crippen LogP contribution in [0, 0.1) is 15.5 Å². The molecule has 0 amide bonds. The van der Waals surface area contributed by atoms with Crippen molar-refractivity contribution in [3.05, 3.63) is 22.2 Å². The summed E-state index contributed by atoms with van der Waals surface area (Å²) in [6, 6.07) is 2.72. The van der Waals surface area contributed by atoms with Gasteiger partial charge < -0.3 is 10.7 Å². The first kappa shape index (κ1) is 12.6. The molecule has 1 saturated carbocycles. The average molecular weight is 251 g/mol. The largest absolute Gasteiger partial charge is 0.369 e. The number of rotatable bonds is 5. The fraction of sp³-hybridized carbons (Fsp3) is 0.545. The first-order valence-corrected chi connectivity index (χ1v) is 5.89. The van der Waals surface area contributed by atoms with Crippen molar-refractivity contribution in [2.24, 2.45) is 11.3 Å². The molecule has 4 N–H and O–H groups in total. The Morgan fingerprint density at radius 3 is 2.67 bits per heavy atom.